The molecule has 0 aliphatic heterocycles. The van der Waals surface area contributed by atoms with Gasteiger partial charge in [-0.1, -0.05) is 12.1 Å². The molecule has 0 aliphatic rings. The highest BCUT2D eigenvalue weighted by atomic mass is 32.2. The van der Waals surface area contributed by atoms with Gasteiger partial charge in [-0.3, -0.25) is 9.31 Å². The van der Waals surface area contributed by atoms with Crippen molar-refractivity contribution in [3.8, 4) is 0 Å². The van der Waals surface area contributed by atoms with Crippen molar-refractivity contribution in [2.24, 2.45) is 0 Å². The monoisotopic (exact) mass is 180 g/mol. The van der Waals surface area contributed by atoms with E-state index in [-0.39, 0.29) is 0 Å². The molecule has 0 aliphatic carbocycles. The number of aromatic amines is 1. The van der Waals surface area contributed by atoms with E-state index in [9.17, 15) is 4.21 Å². The molecule has 1 aromatic carbocycles. The minimum absolute atomic E-state index is 0.700. The molecule has 2 rings (SSSR count). The Kier molecular flexibility index (Phi) is 1.69. The third-order valence-electron chi connectivity index (χ3n) is 1.71. The lowest BCUT2D eigenvalue weighted by molar-refractivity contribution is 0.684. The van der Waals surface area contributed by atoms with Gasteiger partial charge in [-0.25, -0.2) is 0 Å². The number of aromatic nitrogens is 2. The van der Waals surface area contributed by atoms with Crippen LogP contribution in [0, 0.1) is 0 Å². The van der Waals surface area contributed by atoms with Crippen molar-refractivity contribution < 1.29 is 4.21 Å². The Balaban J connectivity index is 2.79. The molecule has 0 radical (unpaired) electrons. The van der Waals surface area contributed by atoms with E-state index in [4.69, 9.17) is 0 Å². The number of nitrogens with one attached hydrogen (secondary N) is 1. The van der Waals surface area contributed by atoms with Crippen molar-refractivity contribution in [1.82, 2.24) is 10.2 Å². The molecule has 62 valence electrons. The summed E-state index contributed by atoms with van der Waals surface area (Å²) in [6.07, 6.45) is 1.64. The zero-order chi connectivity index (χ0) is 8.55. The topological polar surface area (TPSA) is 45.8 Å². The molecule has 0 fully saturated rings. The molecule has 0 amide bonds. The van der Waals surface area contributed by atoms with E-state index in [1.54, 1.807) is 6.26 Å². The quantitative estimate of drug-likeness (QED) is 0.719. The lowest BCUT2D eigenvalue weighted by atomic mass is 10.3. The van der Waals surface area contributed by atoms with Crippen LogP contribution >= 0.6 is 0 Å². The van der Waals surface area contributed by atoms with Crippen LogP contribution in [0.3, 0.4) is 0 Å². The lowest BCUT2D eigenvalue weighted by Gasteiger charge is -1.89. The fourth-order valence-corrected chi connectivity index (χ4v) is 1.81. The van der Waals surface area contributed by atoms with E-state index in [1.807, 2.05) is 24.3 Å². The van der Waals surface area contributed by atoms with Gasteiger partial charge in [-0.05, 0) is 12.1 Å². The normalized spacial score (nSPS) is 13.4. The molecule has 1 aromatic heterocycles. The summed E-state index contributed by atoms with van der Waals surface area (Å²) in [5, 5.41) is 8.43. The fraction of sp³-hybridized carbons (Fsp3) is 0.125. The number of fused-ring (bicyclic) bond motifs is 1. The molecule has 3 nitrogen and oxygen atoms in total. The first-order valence-electron chi connectivity index (χ1n) is 3.55. The Morgan fingerprint density at radius 2 is 2.17 bits per heavy atom. The molecular weight excluding hydrogens is 172 g/mol. The fourth-order valence-electron chi connectivity index (χ4n) is 1.15. The average molecular weight is 180 g/mol. The summed E-state index contributed by atoms with van der Waals surface area (Å²) in [6, 6.07) is 7.62. The lowest BCUT2D eigenvalue weighted by Crippen LogP contribution is -1.87. The summed E-state index contributed by atoms with van der Waals surface area (Å²) in [7, 11) is -0.990. The molecule has 12 heavy (non-hydrogen) atoms. The second kappa shape index (κ2) is 2.71. The Labute approximate surface area is 72.2 Å². The number of benzene rings is 1. The van der Waals surface area contributed by atoms with Crippen LogP contribution < -0.4 is 0 Å². The van der Waals surface area contributed by atoms with Crippen LogP contribution in [0.15, 0.2) is 29.3 Å². The molecule has 1 heterocycles. The number of hydrogen-bond acceptors (Lipinski definition) is 2. The number of hydrogen-bond donors (Lipinski definition) is 1. The maximum absolute atomic E-state index is 11.2. The van der Waals surface area contributed by atoms with E-state index in [0.717, 1.165) is 10.9 Å². The van der Waals surface area contributed by atoms with Crippen LogP contribution in [-0.2, 0) is 10.8 Å². The Morgan fingerprint density at radius 3 is 2.92 bits per heavy atom. The molecule has 0 saturated heterocycles. The van der Waals surface area contributed by atoms with Gasteiger partial charge in [0.2, 0.25) is 0 Å². The number of para-hydroxylation sites is 1. The van der Waals surface area contributed by atoms with Crippen molar-refractivity contribution in [3.05, 3.63) is 24.3 Å². The van der Waals surface area contributed by atoms with E-state index in [2.05, 4.69) is 10.2 Å². The van der Waals surface area contributed by atoms with Crippen molar-refractivity contribution in [1.29, 1.82) is 0 Å². The van der Waals surface area contributed by atoms with Crippen LogP contribution in [0.5, 0.6) is 0 Å². The van der Waals surface area contributed by atoms with Gasteiger partial charge in [-0.2, -0.15) is 5.10 Å². The Morgan fingerprint density at radius 1 is 1.42 bits per heavy atom. The molecule has 0 saturated carbocycles. The molecule has 0 bridgehead atoms. The van der Waals surface area contributed by atoms with Crippen molar-refractivity contribution in [2.75, 3.05) is 6.26 Å². The molecule has 1 N–H and O–H groups in total. The molecule has 4 heteroatoms. The third kappa shape index (κ3) is 1.04. The van der Waals surface area contributed by atoms with Gasteiger partial charge < -0.3 is 0 Å². The minimum atomic E-state index is -0.990. The van der Waals surface area contributed by atoms with Gasteiger partial charge in [0.15, 0.2) is 0 Å². The smallest absolute Gasteiger partial charge is 0.129 e. The minimum Gasteiger partial charge on any atom is -0.268 e. The highest BCUT2D eigenvalue weighted by Crippen LogP contribution is 2.16. The molecule has 1 atom stereocenters. The van der Waals surface area contributed by atoms with E-state index >= 15 is 0 Å². The second-order valence-electron chi connectivity index (χ2n) is 2.52. The van der Waals surface area contributed by atoms with Gasteiger partial charge >= 0.3 is 0 Å². The summed E-state index contributed by atoms with van der Waals surface area (Å²) in [4.78, 5) is 0. The first kappa shape index (κ1) is 7.49. The van der Waals surface area contributed by atoms with Crippen molar-refractivity contribution >= 4 is 21.7 Å². The van der Waals surface area contributed by atoms with Crippen LogP contribution in [0.1, 0.15) is 0 Å². The van der Waals surface area contributed by atoms with E-state index in [1.165, 1.54) is 0 Å². The summed E-state index contributed by atoms with van der Waals surface area (Å²) in [5.74, 6) is 0. The maximum atomic E-state index is 11.2. The molecule has 1 unspecified atom stereocenters. The summed E-state index contributed by atoms with van der Waals surface area (Å²) >= 11 is 0. The van der Waals surface area contributed by atoms with Gasteiger partial charge in [0.25, 0.3) is 0 Å². The zero-order valence-electron chi connectivity index (χ0n) is 6.57. The van der Waals surface area contributed by atoms with Crippen LogP contribution in [0.25, 0.3) is 10.9 Å². The van der Waals surface area contributed by atoms with Crippen LogP contribution in [0.2, 0.25) is 0 Å². The summed E-state index contributed by atoms with van der Waals surface area (Å²) in [6.45, 7) is 0. The van der Waals surface area contributed by atoms with Crippen LogP contribution in [-0.4, -0.2) is 20.7 Å². The predicted molar refractivity (Wildman–Crippen MR) is 48.4 cm³/mol. The predicted octanol–water partition coefficient (Wildman–Crippen LogP) is 1.30. The zero-order valence-corrected chi connectivity index (χ0v) is 7.39. The van der Waals surface area contributed by atoms with Gasteiger partial charge in [-0.15, -0.1) is 0 Å². The maximum Gasteiger partial charge on any atom is 0.129 e. The van der Waals surface area contributed by atoms with Crippen LogP contribution in [0.4, 0.5) is 0 Å². The SMILES string of the molecule is CS(=O)c1[nH]nc2ccccc12. The Hall–Kier alpha value is -1.16. The molecule has 2 aromatic rings. The van der Waals surface area contributed by atoms with E-state index < -0.39 is 10.8 Å². The first-order valence-corrected chi connectivity index (χ1v) is 5.11. The van der Waals surface area contributed by atoms with E-state index in [0.29, 0.717) is 5.03 Å². The molecular formula is C8H8N2OS. The number of H-pyrrole nitrogens is 1. The molecule has 0 spiro atoms. The standard InChI is InChI=1S/C8H8N2OS/c1-12(11)8-6-4-2-3-5-7(6)9-10-8/h2-5H,1H3,(H,9,10). The average Bonchev–Trinajstić information content (AvgIpc) is 2.47. The van der Waals surface area contributed by atoms with Gasteiger partial charge in [0.05, 0.1) is 16.3 Å². The summed E-state index contributed by atoms with van der Waals surface area (Å²) in [5.41, 5.74) is 0.864. The van der Waals surface area contributed by atoms with Gasteiger partial charge in [0.1, 0.15) is 5.03 Å². The first-order chi connectivity index (χ1) is 5.79. The second-order valence-corrected chi connectivity index (χ2v) is 3.84. The number of rotatable bonds is 1. The van der Waals surface area contributed by atoms with Crippen molar-refractivity contribution in [2.45, 2.75) is 5.03 Å². The Bertz CT molecular complexity index is 435. The summed E-state index contributed by atoms with van der Waals surface area (Å²) < 4.78 is 11.2. The highest BCUT2D eigenvalue weighted by molar-refractivity contribution is 7.84. The largest absolute Gasteiger partial charge is 0.268 e. The van der Waals surface area contributed by atoms with Crippen molar-refractivity contribution in [3.63, 3.8) is 0 Å². The third-order valence-corrected chi connectivity index (χ3v) is 2.60. The number of nitrogens with zero attached hydrogens (tertiary/aromatic N) is 1. The van der Waals surface area contributed by atoms with Gasteiger partial charge in [0, 0.05) is 11.6 Å². The highest BCUT2D eigenvalue weighted by Gasteiger charge is 2.05.